The molecule has 3 rings (SSSR count). The molecule has 0 spiro atoms. The summed E-state index contributed by atoms with van der Waals surface area (Å²) in [6, 6.07) is 7.02. The highest BCUT2D eigenvalue weighted by Gasteiger charge is 2.37. The van der Waals surface area contributed by atoms with Gasteiger partial charge >= 0.3 is 11.9 Å². The number of benzene rings is 1. The van der Waals surface area contributed by atoms with Crippen LogP contribution >= 0.6 is 11.6 Å². The van der Waals surface area contributed by atoms with E-state index in [1.54, 1.807) is 30.3 Å². The van der Waals surface area contributed by atoms with E-state index in [4.69, 9.17) is 11.6 Å². The van der Waals surface area contributed by atoms with E-state index in [0.29, 0.717) is 29.0 Å². The van der Waals surface area contributed by atoms with E-state index in [1.807, 2.05) is 4.98 Å². The van der Waals surface area contributed by atoms with Gasteiger partial charge in [0, 0.05) is 10.6 Å². The van der Waals surface area contributed by atoms with E-state index in [2.05, 4.69) is 4.98 Å². The molecule has 0 saturated heterocycles. The van der Waals surface area contributed by atoms with Crippen molar-refractivity contribution in [2.24, 2.45) is 0 Å². The maximum atomic E-state index is 13.1. The summed E-state index contributed by atoms with van der Waals surface area (Å²) in [4.78, 5) is 17.2. The Kier molecular flexibility index (Phi) is 4.02. The molecule has 1 aliphatic carbocycles. The Morgan fingerprint density at radius 2 is 1.96 bits per heavy atom. The molecule has 3 nitrogen and oxygen atoms in total. The lowest BCUT2D eigenvalue weighted by molar-refractivity contribution is -0.142. The van der Waals surface area contributed by atoms with Gasteiger partial charge in [0.05, 0.1) is 5.69 Å². The Labute approximate surface area is 134 Å². The minimum absolute atomic E-state index is 0.0432. The van der Waals surface area contributed by atoms with Gasteiger partial charge in [-0.1, -0.05) is 29.8 Å². The van der Waals surface area contributed by atoms with Crippen molar-refractivity contribution in [2.45, 2.75) is 25.4 Å². The van der Waals surface area contributed by atoms with Crippen LogP contribution in [0.25, 0.3) is 11.6 Å². The van der Waals surface area contributed by atoms with Crippen LogP contribution in [-0.4, -0.2) is 9.97 Å². The highest BCUT2D eigenvalue weighted by Crippen LogP contribution is 2.37. The Balaban J connectivity index is 2.19. The number of aromatic amines is 1. The second kappa shape index (κ2) is 5.85. The summed E-state index contributed by atoms with van der Waals surface area (Å²) in [5.74, 6) is 0. The first kappa shape index (κ1) is 15.8. The van der Waals surface area contributed by atoms with Crippen molar-refractivity contribution < 1.29 is 13.2 Å². The molecule has 1 heterocycles. The molecule has 0 aliphatic heterocycles. The molecule has 0 radical (unpaired) electrons. The molecular formula is C16H12ClF3N2O. The lowest BCUT2D eigenvalue weighted by atomic mass is 9.89. The molecule has 120 valence electrons. The zero-order chi connectivity index (χ0) is 16.6. The van der Waals surface area contributed by atoms with Gasteiger partial charge in [-0.3, -0.25) is 0 Å². The number of fused-ring (bicyclic) bond motifs is 1. The summed E-state index contributed by atoms with van der Waals surface area (Å²) >= 11 is 6.09. The quantitative estimate of drug-likeness (QED) is 0.840. The molecule has 2 aromatic rings. The van der Waals surface area contributed by atoms with Crippen LogP contribution in [0.3, 0.4) is 0 Å². The average molecular weight is 341 g/mol. The fraction of sp³-hybridized carbons (Fsp3) is 0.250. The Bertz CT molecular complexity index is 840. The van der Waals surface area contributed by atoms with Crippen molar-refractivity contribution in [1.29, 1.82) is 0 Å². The number of allylic oxidation sites excluding steroid dienone is 1. The average Bonchev–Trinajstić information content (AvgIpc) is 2.48. The highest BCUT2D eigenvalue weighted by atomic mass is 35.5. The zero-order valence-electron chi connectivity index (χ0n) is 11.9. The minimum atomic E-state index is -4.61. The van der Waals surface area contributed by atoms with Crippen molar-refractivity contribution in [1.82, 2.24) is 9.97 Å². The number of alkyl halides is 3. The van der Waals surface area contributed by atoms with Crippen LogP contribution in [-0.2, 0) is 12.6 Å². The molecule has 7 heteroatoms. The number of H-pyrrole nitrogens is 1. The van der Waals surface area contributed by atoms with Gasteiger partial charge in [0.1, 0.15) is 5.69 Å². The maximum Gasteiger partial charge on any atom is 0.431 e. The van der Waals surface area contributed by atoms with E-state index >= 15 is 0 Å². The number of aromatic nitrogens is 2. The van der Waals surface area contributed by atoms with E-state index in [1.165, 1.54) is 0 Å². The minimum Gasteiger partial charge on any atom is -0.301 e. The van der Waals surface area contributed by atoms with Crippen molar-refractivity contribution in [3.63, 3.8) is 0 Å². The molecular weight excluding hydrogens is 329 g/mol. The molecule has 0 bridgehead atoms. The molecule has 0 amide bonds. The van der Waals surface area contributed by atoms with Crippen molar-refractivity contribution in [3.05, 3.63) is 62.3 Å². The van der Waals surface area contributed by atoms with E-state index in [-0.39, 0.29) is 17.7 Å². The standard InChI is InChI=1S/C16H12ClF3N2O/c17-12-7-2-1-4-9(12)8-10-5-3-6-11-13(10)21-15(23)22-14(11)16(18,19)20/h1-2,4,7-8H,3,5-6H2,(H,21,22,23)/b10-8+. The predicted molar refractivity (Wildman–Crippen MR) is 82.1 cm³/mol. The zero-order valence-corrected chi connectivity index (χ0v) is 12.6. The molecule has 0 fully saturated rings. The molecule has 1 N–H and O–H groups in total. The van der Waals surface area contributed by atoms with Crippen molar-refractivity contribution in [2.75, 3.05) is 0 Å². The number of nitrogens with one attached hydrogen (secondary N) is 1. The van der Waals surface area contributed by atoms with E-state index < -0.39 is 17.6 Å². The van der Waals surface area contributed by atoms with E-state index in [0.717, 1.165) is 0 Å². The fourth-order valence-electron chi connectivity index (χ4n) is 2.74. The Morgan fingerprint density at radius 3 is 2.65 bits per heavy atom. The highest BCUT2D eigenvalue weighted by molar-refractivity contribution is 6.32. The predicted octanol–water partition coefficient (Wildman–Crippen LogP) is 4.32. The maximum absolute atomic E-state index is 13.1. The van der Waals surface area contributed by atoms with Crippen LogP contribution in [0.1, 0.15) is 35.4 Å². The van der Waals surface area contributed by atoms with Crippen LogP contribution in [0.5, 0.6) is 0 Å². The lowest BCUT2D eigenvalue weighted by Crippen LogP contribution is -2.25. The molecule has 1 aliphatic rings. The summed E-state index contributed by atoms with van der Waals surface area (Å²) in [5, 5.41) is 0.494. The van der Waals surface area contributed by atoms with Crippen LogP contribution in [0.15, 0.2) is 29.1 Å². The molecule has 0 unspecified atom stereocenters. The summed E-state index contributed by atoms with van der Waals surface area (Å²) in [6.07, 6.45) is -1.58. The summed E-state index contributed by atoms with van der Waals surface area (Å²) in [7, 11) is 0. The number of hydrogen-bond donors (Lipinski definition) is 1. The smallest absolute Gasteiger partial charge is 0.301 e. The number of halogens is 4. The molecule has 1 aromatic carbocycles. The SMILES string of the molecule is O=c1nc2c(c(C(F)(F)F)[nH]1)CCC/C2=C\c1ccccc1Cl. The third-order valence-corrected chi connectivity index (χ3v) is 4.07. The van der Waals surface area contributed by atoms with Crippen molar-refractivity contribution >= 4 is 23.3 Å². The number of rotatable bonds is 1. The van der Waals surface area contributed by atoms with Gasteiger partial charge in [-0.15, -0.1) is 0 Å². The summed E-state index contributed by atoms with van der Waals surface area (Å²) < 4.78 is 39.4. The molecule has 23 heavy (non-hydrogen) atoms. The largest absolute Gasteiger partial charge is 0.431 e. The lowest BCUT2D eigenvalue weighted by Gasteiger charge is -2.21. The first-order chi connectivity index (χ1) is 10.9. The van der Waals surface area contributed by atoms with Gasteiger partial charge < -0.3 is 4.98 Å². The third kappa shape index (κ3) is 3.17. The van der Waals surface area contributed by atoms with Gasteiger partial charge in [0.15, 0.2) is 0 Å². The van der Waals surface area contributed by atoms with Gasteiger partial charge in [0.25, 0.3) is 0 Å². The third-order valence-electron chi connectivity index (χ3n) is 3.73. The van der Waals surface area contributed by atoms with Gasteiger partial charge in [-0.2, -0.15) is 18.2 Å². The number of nitrogens with zero attached hydrogens (tertiary/aromatic N) is 1. The first-order valence-corrected chi connectivity index (χ1v) is 7.40. The normalized spacial score (nSPS) is 16.4. The Hall–Kier alpha value is -2.08. The summed E-state index contributed by atoms with van der Waals surface area (Å²) in [5.41, 5.74) is -0.558. The monoisotopic (exact) mass is 340 g/mol. The fourth-order valence-corrected chi connectivity index (χ4v) is 2.93. The second-order valence-electron chi connectivity index (χ2n) is 5.29. The Morgan fingerprint density at radius 1 is 1.22 bits per heavy atom. The molecule has 1 aromatic heterocycles. The topological polar surface area (TPSA) is 45.8 Å². The number of hydrogen-bond acceptors (Lipinski definition) is 2. The van der Waals surface area contributed by atoms with Crippen LogP contribution in [0.4, 0.5) is 13.2 Å². The van der Waals surface area contributed by atoms with Crippen LogP contribution in [0.2, 0.25) is 5.02 Å². The first-order valence-electron chi connectivity index (χ1n) is 7.02. The van der Waals surface area contributed by atoms with Crippen LogP contribution < -0.4 is 5.69 Å². The van der Waals surface area contributed by atoms with Gasteiger partial charge in [-0.05, 0) is 42.5 Å². The molecule has 0 saturated carbocycles. The van der Waals surface area contributed by atoms with Gasteiger partial charge in [0.2, 0.25) is 0 Å². The second-order valence-corrected chi connectivity index (χ2v) is 5.69. The van der Waals surface area contributed by atoms with Gasteiger partial charge in [-0.25, -0.2) is 4.79 Å². The van der Waals surface area contributed by atoms with Crippen molar-refractivity contribution in [3.8, 4) is 0 Å². The molecule has 0 atom stereocenters. The van der Waals surface area contributed by atoms with Crippen LogP contribution in [0, 0.1) is 0 Å². The van der Waals surface area contributed by atoms with E-state index in [9.17, 15) is 18.0 Å². The summed E-state index contributed by atoms with van der Waals surface area (Å²) in [6.45, 7) is 0.